The van der Waals surface area contributed by atoms with Gasteiger partial charge in [0.25, 0.3) is 0 Å². The molecule has 0 saturated heterocycles. The summed E-state index contributed by atoms with van der Waals surface area (Å²) in [6.07, 6.45) is 5.29. The Kier molecular flexibility index (Phi) is 7.53. The van der Waals surface area contributed by atoms with Crippen LogP contribution in [0.3, 0.4) is 0 Å². The van der Waals surface area contributed by atoms with Gasteiger partial charge in [-0.1, -0.05) is 76.3 Å². The first-order chi connectivity index (χ1) is 10.3. The van der Waals surface area contributed by atoms with Crippen LogP contribution in [0.25, 0.3) is 0 Å². The molecule has 0 aromatic heterocycles. The molecule has 0 aliphatic carbocycles. The molecule has 124 valence electrons. The third kappa shape index (κ3) is 5.71. The van der Waals surface area contributed by atoms with Crippen LogP contribution < -0.4 is 0 Å². The van der Waals surface area contributed by atoms with Gasteiger partial charge < -0.3 is 9.84 Å². The van der Waals surface area contributed by atoms with Crippen LogP contribution in [0.5, 0.6) is 0 Å². The second-order valence-electron chi connectivity index (χ2n) is 7.52. The first-order valence-corrected chi connectivity index (χ1v) is 11.3. The standard InChI is InChI=1S/C19H32O2Si/c1-19(2,3)22(4,5)18(15-20)13-9-10-14-21-16-17-11-7-6-8-12-17/h6-9,11-13,18,20H,10,14-16H2,1-5H3/b13-9+. The summed E-state index contributed by atoms with van der Waals surface area (Å²) in [6.45, 7) is 13.2. The predicted molar refractivity (Wildman–Crippen MR) is 97.9 cm³/mol. The normalized spacial score (nSPS) is 14.5. The highest BCUT2D eigenvalue weighted by Gasteiger charge is 2.40. The maximum absolute atomic E-state index is 9.73. The quantitative estimate of drug-likeness (QED) is 0.414. The van der Waals surface area contributed by atoms with Crippen molar-refractivity contribution < 1.29 is 9.84 Å². The van der Waals surface area contributed by atoms with Crippen LogP contribution in [0, 0.1) is 0 Å². The molecule has 0 spiro atoms. The number of aliphatic hydroxyl groups excluding tert-OH is 1. The lowest BCUT2D eigenvalue weighted by Crippen LogP contribution is -2.42. The monoisotopic (exact) mass is 320 g/mol. The fourth-order valence-electron chi connectivity index (χ4n) is 2.26. The molecule has 1 rings (SSSR count). The lowest BCUT2D eigenvalue weighted by molar-refractivity contribution is 0.125. The topological polar surface area (TPSA) is 29.5 Å². The molecule has 1 atom stereocenters. The summed E-state index contributed by atoms with van der Waals surface area (Å²) in [5, 5.41) is 10.0. The van der Waals surface area contributed by atoms with Crippen LogP contribution in [0.4, 0.5) is 0 Å². The molecule has 0 bridgehead atoms. The van der Waals surface area contributed by atoms with Gasteiger partial charge >= 0.3 is 0 Å². The molecule has 0 heterocycles. The smallest absolute Gasteiger partial charge is 0.0717 e. The molecular formula is C19H32O2Si. The Morgan fingerprint density at radius 3 is 2.36 bits per heavy atom. The lowest BCUT2D eigenvalue weighted by Gasteiger charge is -2.41. The van der Waals surface area contributed by atoms with Crippen molar-refractivity contribution in [3.05, 3.63) is 48.0 Å². The molecule has 0 fully saturated rings. The maximum atomic E-state index is 9.73. The van der Waals surface area contributed by atoms with Crippen molar-refractivity contribution >= 4 is 8.07 Å². The van der Waals surface area contributed by atoms with Gasteiger partial charge in [0.05, 0.1) is 21.3 Å². The lowest BCUT2D eigenvalue weighted by atomic mass is 10.2. The second-order valence-corrected chi connectivity index (χ2v) is 13.2. The van der Waals surface area contributed by atoms with Gasteiger partial charge in [-0.25, -0.2) is 0 Å². The van der Waals surface area contributed by atoms with Gasteiger partial charge in [0, 0.05) is 6.61 Å². The fraction of sp³-hybridized carbons (Fsp3) is 0.579. The molecular weight excluding hydrogens is 288 g/mol. The van der Waals surface area contributed by atoms with Crippen molar-refractivity contribution in [2.24, 2.45) is 0 Å². The summed E-state index contributed by atoms with van der Waals surface area (Å²) in [4.78, 5) is 0. The van der Waals surface area contributed by atoms with E-state index in [-0.39, 0.29) is 11.6 Å². The minimum atomic E-state index is -1.53. The number of rotatable bonds is 8. The number of hydrogen-bond donors (Lipinski definition) is 1. The highest BCUT2D eigenvalue weighted by Crippen LogP contribution is 2.43. The Balaban J connectivity index is 2.37. The zero-order valence-corrected chi connectivity index (χ0v) is 15.8. The van der Waals surface area contributed by atoms with Crippen LogP contribution in [0.2, 0.25) is 23.7 Å². The van der Waals surface area contributed by atoms with Gasteiger partial charge in [0.2, 0.25) is 0 Å². The van der Waals surface area contributed by atoms with Gasteiger partial charge in [0.15, 0.2) is 0 Å². The van der Waals surface area contributed by atoms with Gasteiger partial charge in [-0.3, -0.25) is 0 Å². The molecule has 2 nitrogen and oxygen atoms in total. The van der Waals surface area contributed by atoms with Gasteiger partial charge in [-0.15, -0.1) is 0 Å². The van der Waals surface area contributed by atoms with Crippen molar-refractivity contribution in [2.45, 2.75) is 57.5 Å². The summed E-state index contributed by atoms with van der Waals surface area (Å²) in [6, 6.07) is 10.2. The van der Waals surface area contributed by atoms with E-state index in [9.17, 15) is 5.11 Å². The molecule has 0 radical (unpaired) electrons. The van der Waals surface area contributed by atoms with Gasteiger partial charge in [0.1, 0.15) is 0 Å². The second kappa shape index (κ2) is 8.66. The molecule has 22 heavy (non-hydrogen) atoms. The van der Waals surface area contributed by atoms with E-state index in [4.69, 9.17) is 4.74 Å². The number of aliphatic hydroxyl groups is 1. The Bertz CT molecular complexity index is 446. The molecule has 0 saturated carbocycles. The van der Waals surface area contributed by atoms with E-state index in [0.717, 1.165) is 13.0 Å². The van der Waals surface area contributed by atoms with Crippen LogP contribution in [-0.2, 0) is 11.3 Å². The minimum Gasteiger partial charge on any atom is -0.396 e. The molecule has 1 aromatic rings. The summed E-state index contributed by atoms with van der Waals surface area (Å²) in [5.41, 5.74) is 1.52. The number of ether oxygens (including phenoxy) is 1. The van der Waals surface area contributed by atoms with E-state index in [1.54, 1.807) is 0 Å². The molecule has 1 N–H and O–H groups in total. The summed E-state index contributed by atoms with van der Waals surface area (Å²) >= 11 is 0. The zero-order valence-electron chi connectivity index (χ0n) is 14.8. The average molecular weight is 321 g/mol. The molecule has 0 amide bonds. The summed E-state index contributed by atoms with van der Waals surface area (Å²) in [5.74, 6) is 0. The molecule has 1 aromatic carbocycles. The van der Waals surface area contributed by atoms with Crippen molar-refractivity contribution in [3.8, 4) is 0 Å². The predicted octanol–water partition coefficient (Wildman–Crippen LogP) is 5.02. The van der Waals surface area contributed by atoms with E-state index >= 15 is 0 Å². The van der Waals surface area contributed by atoms with Crippen LogP contribution in [0.15, 0.2) is 42.5 Å². The van der Waals surface area contributed by atoms with E-state index in [2.05, 4.69) is 58.2 Å². The first kappa shape index (κ1) is 19.1. The SMILES string of the molecule is CC(C)(C)[Si](C)(C)C(/C=C/CCOCc1ccccc1)CO. The largest absolute Gasteiger partial charge is 0.396 e. The third-order valence-electron chi connectivity index (χ3n) is 4.97. The number of hydrogen-bond acceptors (Lipinski definition) is 2. The summed E-state index contributed by atoms with van der Waals surface area (Å²) in [7, 11) is -1.53. The maximum Gasteiger partial charge on any atom is 0.0717 e. The van der Waals surface area contributed by atoms with E-state index in [1.807, 2.05) is 18.2 Å². The summed E-state index contributed by atoms with van der Waals surface area (Å²) < 4.78 is 5.69. The van der Waals surface area contributed by atoms with Crippen molar-refractivity contribution in [2.75, 3.05) is 13.2 Å². The molecule has 0 aliphatic heterocycles. The Morgan fingerprint density at radius 2 is 1.82 bits per heavy atom. The molecule has 3 heteroatoms. The zero-order chi connectivity index (χ0) is 16.6. The van der Waals surface area contributed by atoms with Crippen LogP contribution in [-0.4, -0.2) is 26.4 Å². The first-order valence-electron chi connectivity index (χ1n) is 8.18. The van der Waals surface area contributed by atoms with Crippen LogP contribution in [0.1, 0.15) is 32.8 Å². The van der Waals surface area contributed by atoms with E-state index in [1.165, 1.54) is 5.56 Å². The Hall–Kier alpha value is -0.903. The van der Waals surface area contributed by atoms with Crippen LogP contribution >= 0.6 is 0 Å². The fourth-order valence-corrected chi connectivity index (χ4v) is 4.45. The Morgan fingerprint density at radius 1 is 1.18 bits per heavy atom. The van der Waals surface area contributed by atoms with Gasteiger partial charge in [-0.05, 0) is 22.6 Å². The molecule has 1 unspecified atom stereocenters. The molecule has 0 aliphatic rings. The van der Waals surface area contributed by atoms with Gasteiger partial charge in [-0.2, -0.15) is 0 Å². The van der Waals surface area contributed by atoms with Crippen molar-refractivity contribution in [1.82, 2.24) is 0 Å². The highest BCUT2D eigenvalue weighted by molar-refractivity contribution is 6.82. The highest BCUT2D eigenvalue weighted by atomic mass is 28.3. The van der Waals surface area contributed by atoms with E-state index in [0.29, 0.717) is 12.1 Å². The van der Waals surface area contributed by atoms with Crippen molar-refractivity contribution in [3.63, 3.8) is 0 Å². The van der Waals surface area contributed by atoms with E-state index < -0.39 is 8.07 Å². The minimum absolute atomic E-state index is 0.248. The average Bonchev–Trinajstić information content (AvgIpc) is 2.46. The Labute approximate surface area is 137 Å². The third-order valence-corrected chi connectivity index (χ3v) is 11.1. The van der Waals surface area contributed by atoms with Crippen molar-refractivity contribution in [1.29, 1.82) is 0 Å². The number of benzene rings is 1.